The van der Waals surface area contributed by atoms with E-state index in [2.05, 4.69) is 16.4 Å². The van der Waals surface area contributed by atoms with Gasteiger partial charge in [0.25, 0.3) is 0 Å². The number of hydrogen-bond donors (Lipinski definition) is 0. The summed E-state index contributed by atoms with van der Waals surface area (Å²) in [4.78, 5) is 0. The van der Waals surface area contributed by atoms with Gasteiger partial charge in [0, 0.05) is 5.56 Å². The molecule has 49 heavy (non-hydrogen) atoms. The van der Waals surface area contributed by atoms with E-state index in [1.807, 2.05) is 12.1 Å². The Morgan fingerprint density at radius 1 is 0.510 bits per heavy atom. The third-order valence-electron chi connectivity index (χ3n) is 7.62. The van der Waals surface area contributed by atoms with E-state index in [0.29, 0.717) is 17.7 Å². The Hall–Kier alpha value is -5.00. The van der Waals surface area contributed by atoms with Crippen molar-refractivity contribution in [3.63, 3.8) is 0 Å². The normalized spacial score (nSPS) is 11.9. The van der Waals surface area contributed by atoms with Crippen LogP contribution in [0.5, 0.6) is 11.5 Å². The monoisotopic (exact) mass is 692 g/mol. The van der Waals surface area contributed by atoms with Gasteiger partial charge in [-0.3, -0.25) is 0 Å². The lowest BCUT2D eigenvalue weighted by Crippen LogP contribution is -2.25. The lowest BCUT2D eigenvalue weighted by molar-refractivity contribution is -0.276. The first-order valence-corrected chi connectivity index (χ1v) is 15.0. The predicted molar refractivity (Wildman–Crippen MR) is 163 cm³/mol. The van der Waals surface area contributed by atoms with E-state index in [9.17, 15) is 35.1 Å². The van der Waals surface area contributed by atoms with Crippen molar-refractivity contribution in [1.29, 1.82) is 0 Å². The Bertz CT molecular complexity index is 1890. The molecule has 0 aliphatic heterocycles. The molecule has 0 aromatic heterocycles. The number of unbranched alkanes of at least 4 members (excludes halogenated alkanes) is 2. The summed E-state index contributed by atoms with van der Waals surface area (Å²) in [5.74, 6) is -9.61. The predicted octanol–water partition coefficient (Wildman–Crippen LogP) is 12.1. The molecule has 5 aromatic rings. The third kappa shape index (κ3) is 8.36. The molecular formula is C37H26F10O2. The first-order chi connectivity index (χ1) is 23.1. The van der Waals surface area contributed by atoms with E-state index >= 15 is 8.78 Å². The van der Waals surface area contributed by atoms with Gasteiger partial charge in [0.05, 0.1) is 0 Å². The van der Waals surface area contributed by atoms with Crippen LogP contribution in [0.2, 0.25) is 0 Å². The van der Waals surface area contributed by atoms with Crippen LogP contribution in [0.15, 0.2) is 91.0 Å². The van der Waals surface area contributed by atoms with Gasteiger partial charge in [-0.15, -0.1) is 13.2 Å². The molecule has 5 aromatic carbocycles. The van der Waals surface area contributed by atoms with Crippen LogP contribution in [0, 0.1) is 29.1 Å². The summed E-state index contributed by atoms with van der Waals surface area (Å²) in [5.41, 5.74) is -0.342. The van der Waals surface area contributed by atoms with Crippen molar-refractivity contribution >= 4 is 0 Å². The number of rotatable bonds is 11. The van der Waals surface area contributed by atoms with Crippen LogP contribution in [-0.2, 0) is 12.5 Å². The molecule has 0 atom stereocenters. The Balaban J connectivity index is 1.31. The number of aryl methyl sites for hydroxylation is 1. The van der Waals surface area contributed by atoms with Crippen molar-refractivity contribution < 1.29 is 53.4 Å². The maximum atomic E-state index is 15.1. The summed E-state index contributed by atoms with van der Waals surface area (Å²) in [7, 11) is 0. The number of halogens is 10. The van der Waals surface area contributed by atoms with Crippen molar-refractivity contribution in [3.8, 4) is 44.9 Å². The molecule has 0 aliphatic carbocycles. The van der Waals surface area contributed by atoms with E-state index in [1.165, 1.54) is 18.2 Å². The van der Waals surface area contributed by atoms with Crippen molar-refractivity contribution in [2.45, 2.75) is 45.1 Å². The van der Waals surface area contributed by atoms with Gasteiger partial charge in [0.1, 0.15) is 28.8 Å². The zero-order valence-corrected chi connectivity index (χ0v) is 25.6. The second-order valence-electron chi connectivity index (χ2n) is 11.1. The highest BCUT2D eigenvalue weighted by atomic mass is 19.4. The second kappa shape index (κ2) is 14.2. The first-order valence-electron chi connectivity index (χ1n) is 15.0. The molecule has 2 nitrogen and oxygen atoms in total. The zero-order chi connectivity index (χ0) is 35.5. The zero-order valence-electron chi connectivity index (χ0n) is 25.6. The van der Waals surface area contributed by atoms with Gasteiger partial charge in [-0.05, 0) is 88.7 Å². The van der Waals surface area contributed by atoms with Crippen LogP contribution in [0.4, 0.5) is 43.9 Å². The average molecular weight is 693 g/mol. The molecule has 0 fully saturated rings. The molecule has 0 saturated heterocycles. The van der Waals surface area contributed by atoms with E-state index in [0.717, 1.165) is 67.6 Å². The van der Waals surface area contributed by atoms with Crippen molar-refractivity contribution in [3.05, 3.63) is 131 Å². The summed E-state index contributed by atoms with van der Waals surface area (Å²) >= 11 is 0. The van der Waals surface area contributed by atoms with Gasteiger partial charge in [-0.2, -0.15) is 8.78 Å². The fraction of sp³-hybridized carbons (Fsp3) is 0.189. The smallest absolute Gasteiger partial charge is 0.429 e. The second-order valence-corrected chi connectivity index (χ2v) is 11.1. The molecule has 0 saturated carbocycles. The van der Waals surface area contributed by atoms with Crippen LogP contribution >= 0.6 is 0 Å². The Labute approximate surface area is 274 Å². The molecule has 0 radical (unpaired) electrons. The molecule has 5 rings (SSSR count). The number of hydrogen-bond acceptors (Lipinski definition) is 2. The minimum atomic E-state index is -5.36. The minimum absolute atomic E-state index is 0.0695. The van der Waals surface area contributed by atoms with Gasteiger partial charge in [0.2, 0.25) is 5.75 Å². The highest BCUT2D eigenvalue weighted by Crippen LogP contribution is 2.39. The molecule has 0 amide bonds. The van der Waals surface area contributed by atoms with Crippen molar-refractivity contribution in [2.24, 2.45) is 0 Å². The Kier molecular flexibility index (Phi) is 10.3. The van der Waals surface area contributed by atoms with E-state index in [-0.39, 0.29) is 22.3 Å². The number of benzene rings is 5. The number of ether oxygens (including phenoxy) is 2. The van der Waals surface area contributed by atoms with E-state index in [1.54, 1.807) is 12.1 Å². The van der Waals surface area contributed by atoms with Gasteiger partial charge >= 0.3 is 12.5 Å². The molecule has 0 aliphatic rings. The lowest BCUT2D eigenvalue weighted by atomic mass is 9.99. The first kappa shape index (κ1) is 35.3. The van der Waals surface area contributed by atoms with Crippen molar-refractivity contribution in [2.75, 3.05) is 0 Å². The van der Waals surface area contributed by atoms with Crippen molar-refractivity contribution in [1.82, 2.24) is 0 Å². The van der Waals surface area contributed by atoms with Crippen LogP contribution in [-0.4, -0.2) is 6.36 Å². The van der Waals surface area contributed by atoms with Gasteiger partial charge < -0.3 is 9.47 Å². The van der Waals surface area contributed by atoms with E-state index < -0.39 is 64.2 Å². The summed E-state index contributed by atoms with van der Waals surface area (Å²) in [5, 5.41) is 0. The lowest BCUT2D eigenvalue weighted by Gasteiger charge is -2.20. The topological polar surface area (TPSA) is 18.5 Å². The number of alkyl halides is 5. The van der Waals surface area contributed by atoms with Gasteiger partial charge in [0.15, 0.2) is 11.6 Å². The summed E-state index contributed by atoms with van der Waals surface area (Å²) in [6.45, 7) is 2.09. The molecule has 0 unspecified atom stereocenters. The molecule has 0 N–H and O–H groups in total. The summed E-state index contributed by atoms with van der Waals surface area (Å²) in [6, 6.07) is 17.5. The van der Waals surface area contributed by atoms with E-state index in [4.69, 9.17) is 0 Å². The van der Waals surface area contributed by atoms with Crippen LogP contribution in [0.25, 0.3) is 33.4 Å². The van der Waals surface area contributed by atoms with Gasteiger partial charge in [-0.1, -0.05) is 68.3 Å². The molecule has 0 bridgehead atoms. The summed E-state index contributed by atoms with van der Waals surface area (Å²) < 4.78 is 149. The fourth-order valence-electron chi connectivity index (χ4n) is 5.23. The maximum absolute atomic E-state index is 15.1. The highest BCUT2D eigenvalue weighted by molar-refractivity contribution is 5.72. The molecular weight excluding hydrogens is 666 g/mol. The van der Waals surface area contributed by atoms with Gasteiger partial charge in [-0.25, -0.2) is 22.0 Å². The average Bonchev–Trinajstić information content (AvgIpc) is 3.02. The quantitative estimate of drug-likeness (QED) is 0.101. The third-order valence-corrected chi connectivity index (χ3v) is 7.62. The standard InChI is InChI=1S/C37H26F10O2/c1-2-3-4-5-21-6-8-23(9-7-21)25-17-30(39)34(31(40)18-25)36(43,44)48-27-13-10-22(11-14-27)24-12-15-28(29(38)16-24)26-19-32(41)35(33(42)20-26)49-37(45,46)47/h6-20H,2-5H2,1H3. The van der Waals surface area contributed by atoms with Crippen LogP contribution in [0.3, 0.4) is 0 Å². The molecule has 256 valence electrons. The Morgan fingerprint density at radius 2 is 1.02 bits per heavy atom. The largest absolute Gasteiger partial charge is 0.573 e. The maximum Gasteiger partial charge on any atom is 0.573 e. The highest BCUT2D eigenvalue weighted by Gasteiger charge is 2.41. The minimum Gasteiger partial charge on any atom is -0.429 e. The SMILES string of the molecule is CCCCCc1ccc(-c2cc(F)c(C(F)(F)Oc3ccc(-c4ccc(-c5cc(F)c(OC(F)(F)F)c(F)c5)c(F)c4)cc3)c(F)c2)cc1. The molecule has 12 heteroatoms. The molecule has 0 spiro atoms. The summed E-state index contributed by atoms with van der Waals surface area (Å²) in [6.07, 6.45) is -5.80. The Morgan fingerprint density at radius 3 is 1.57 bits per heavy atom. The fourth-order valence-corrected chi connectivity index (χ4v) is 5.23. The van der Waals surface area contributed by atoms with Crippen LogP contribution in [0.1, 0.15) is 37.3 Å². The van der Waals surface area contributed by atoms with Crippen LogP contribution < -0.4 is 9.47 Å². The molecule has 0 heterocycles.